The summed E-state index contributed by atoms with van der Waals surface area (Å²) in [6.07, 6.45) is 0.875. The molecule has 0 aliphatic rings. The van der Waals surface area contributed by atoms with Crippen LogP contribution in [-0.4, -0.2) is 20.0 Å². The average molecular weight is 220 g/mol. The predicted octanol–water partition coefficient (Wildman–Crippen LogP) is 2.83. The lowest BCUT2D eigenvalue weighted by Gasteiger charge is -2.22. The lowest BCUT2D eigenvalue weighted by atomic mass is 9.99. The third-order valence-corrected chi connectivity index (χ3v) is 2.72. The highest BCUT2D eigenvalue weighted by Crippen LogP contribution is 2.32. The van der Waals surface area contributed by atoms with Crippen LogP contribution in [-0.2, 0) is 4.79 Å². The van der Waals surface area contributed by atoms with Crippen LogP contribution in [0.15, 0.2) is 18.2 Å². The number of hydrogen-bond acceptors (Lipinski definition) is 2. The van der Waals surface area contributed by atoms with Crippen LogP contribution < -0.4 is 10.2 Å². The van der Waals surface area contributed by atoms with Crippen molar-refractivity contribution in [1.29, 1.82) is 0 Å². The van der Waals surface area contributed by atoms with Gasteiger partial charge < -0.3 is 10.2 Å². The van der Waals surface area contributed by atoms with E-state index < -0.39 is 0 Å². The Hall–Kier alpha value is -1.51. The van der Waals surface area contributed by atoms with Gasteiger partial charge in [0.05, 0.1) is 11.4 Å². The summed E-state index contributed by atoms with van der Waals surface area (Å²) in [5.74, 6) is 0.438. The van der Waals surface area contributed by atoms with Gasteiger partial charge >= 0.3 is 0 Å². The van der Waals surface area contributed by atoms with Gasteiger partial charge in [-0.05, 0) is 24.5 Å². The Morgan fingerprint density at radius 2 is 2.12 bits per heavy atom. The number of amides is 1. The second kappa shape index (κ2) is 5.54. The van der Waals surface area contributed by atoms with Crippen LogP contribution in [0.3, 0.4) is 0 Å². The summed E-state index contributed by atoms with van der Waals surface area (Å²) < 4.78 is 0. The van der Waals surface area contributed by atoms with Crippen LogP contribution in [0.2, 0.25) is 0 Å². The number of rotatable bonds is 5. The molecule has 1 aromatic rings. The van der Waals surface area contributed by atoms with E-state index in [1.807, 2.05) is 26.1 Å². The second-order valence-electron chi connectivity index (χ2n) is 4.04. The highest BCUT2D eigenvalue weighted by Gasteiger charge is 2.13. The first-order valence-corrected chi connectivity index (χ1v) is 5.68. The van der Waals surface area contributed by atoms with Crippen molar-refractivity contribution in [3.05, 3.63) is 23.8 Å². The number of hydrogen-bond donors (Lipinski definition) is 1. The molecule has 1 aromatic carbocycles. The largest absolute Gasteiger partial charge is 0.386 e. The molecule has 16 heavy (non-hydrogen) atoms. The minimum atomic E-state index is 0.438. The summed E-state index contributed by atoms with van der Waals surface area (Å²) >= 11 is 0. The van der Waals surface area contributed by atoms with Crippen molar-refractivity contribution in [2.75, 3.05) is 23.8 Å². The molecule has 0 bridgehead atoms. The Balaban J connectivity index is 3.28. The van der Waals surface area contributed by atoms with Gasteiger partial charge in [-0.3, -0.25) is 4.79 Å². The number of carbonyl (C=O) groups is 1. The quantitative estimate of drug-likeness (QED) is 0.774. The predicted molar refractivity (Wildman–Crippen MR) is 69.2 cm³/mol. The summed E-state index contributed by atoms with van der Waals surface area (Å²) in [7, 11) is 1.89. The summed E-state index contributed by atoms with van der Waals surface area (Å²) in [4.78, 5) is 12.7. The third kappa shape index (κ3) is 2.35. The van der Waals surface area contributed by atoms with Gasteiger partial charge in [0.2, 0.25) is 6.41 Å². The number of para-hydroxylation sites is 1. The molecule has 0 aliphatic carbocycles. The zero-order valence-corrected chi connectivity index (χ0v) is 10.4. The maximum atomic E-state index is 11.0. The van der Waals surface area contributed by atoms with Crippen LogP contribution in [0.5, 0.6) is 0 Å². The Labute approximate surface area is 97.5 Å². The maximum Gasteiger partial charge on any atom is 0.214 e. The average Bonchev–Trinajstić information content (AvgIpc) is 2.30. The molecule has 1 amide bonds. The molecule has 0 radical (unpaired) electrons. The smallest absolute Gasteiger partial charge is 0.214 e. The van der Waals surface area contributed by atoms with Crippen molar-refractivity contribution >= 4 is 17.8 Å². The molecular weight excluding hydrogens is 200 g/mol. The Kier molecular flexibility index (Phi) is 4.35. The SMILES string of the molecule is CCN(C=O)c1cccc(C(C)C)c1NC. The topological polar surface area (TPSA) is 32.3 Å². The Bertz CT molecular complexity index is 361. The van der Waals surface area contributed by atoms with Gasteiger partial charge in [-0.15, -0.1) is 0 Å². The molecule has 0 unspecified atom stereocenters. The van der Waals surface area contributed by atoms with E-state index in [9.17, 15) is 4.79 Å². The van der Waals surface area contributed by atoms with Crippen LogP contribution in [0.1, 0.15) is 32.3 Å². The highest BCUT2D eigenvalue weighted by atomic mass is 16.1. The molecule has 1 rings (SSSR count). The minimum absolute atomic E-state index is 0.438. The van der Waals surface area contributed by atoms with Crippen molar-refractivity contribution in [1.82, 2.24) is 0 Å². The van der Waals surface area contributed by atoms with E-state index >= 15 is 0 Å². The van der Waals surface area contributed by atoms with Crippen molar-refractivity contribution < 1.29 is 4.79 Å². The van der Waals surface area contributed by atoms with Crippen LogP contribution in [0, 0.1) is 0 Å². The fraction of sp³-hybridized carbons (Fsp3) is 0.462. The van der Waals surface area contributed by atoms with Gasteiger partial charge in [0, 0.05) is 13.6 Å². The number of carbonyl (C=O) groups excluding carboxylic acids is 1. The summed E-state index contributed by atoms with van der Waals surface area (Å²) in [5.41, 5.74) is 3.23. The Morgan fingerprint density at radius 3 is 2.56 bits per heavy atom. The summed E-state index contributed by atoms with van der Waals surface area (Å²) in [6.45, 7) is 6.95. The van der Waals surface area contributed by atoms with Gasteiger partial charge in [0.1, 0.15) is 0 Å². The van der Waals surface area contributed by atoms with Gasteiger partial charge in [0.15, 0.2) is 0 Å². The van der Waals surface area contributed by atoms with Crippen LogP contribution >= 0.6 is 0 Å². The van der Waals surface area contributed by atoms with Crippen molar-refractivity contribution in [2.24, 2.45) is 0 Å². The molecule has 0 aromatic heterocycles. The molecule has 1 N–H and O–H groups in total. The second-order valence-corrected chi connectivity index (χ2v) is 4.04. The van der Waals surface area contributed by atoms with E-state index in [0.717, 1.165) is 17.8 Å². The van der Waals surface area contributed by atoms with E-state index in [1.54, 1.807) is 4.90 Å². The maximum absolute atomic E-state index is 11.0. The van der Waals surface area contributed by atoms with Crippen LogP contribution in [0.4, 0.5) is 11.4 Å². The molecule has 0 saturated heterocycles. The lowest BCUT2D eigenvalue weighted by molar-refractivity contribution is -0.107. The first-order valence-electron chi connectivity index (χ1n) is 5.68. The zero-order chi connectivity index (χ0) is 12.1. The number of benzene rings is 1. The van der Waals surface area contributed by atoms with Crippen LogP contribution in [0.25, 0.3) is 0 Å². The fourth-order valence-electron chi connectivity index (χ4n) is 1.85. The molecule has 88 valence electrons. The molecule has 0 heterocycles. The van der Waals surface area contributed by atoms with E-state index in [2.05, 4.69) is 25.2 Å². The standard InChI is InChI=1S/C13H20N2O/c1-5-15(9-16)12-8-6-7-11(10(2)3)13(12)14-4/h6-10,14H,5H2,1-4H3. The van der Waals surface area contributed by atoms with E-state index in [0.29, 0.717) is 12.5 Å². The summed E-state index contributed by atoms with van der Waals surface area (Å²) in [6, 6.07) is 6.06. The minimum Gasteiger partial charge on any atom is -0.386 e. The number of nitrogens with zero attached hydrogens (tertiary/aromatic N) is 1. The molecule has 0 saturated carbocycles. The lowest BCUT2D eigenvalue weighted by Crippen LogP contribution is -2.21. The number of nitrogens with one attached hydrogen (secondary N) is 1. The van der Waals surface area contributed by atoms with E-state index in [1.165, 1.54) is 5.56 Å². The van der Waals surface area contributed by atoms with Crippen molar-refractivity contribution in [3.8, 4) is 0 Å². The zero-order valence-electron chi connectivity index (χ0n) is 10.4. The number of anilines is 2. The van der Waals surface area contributed by atoms with Gasteiger partial charge in [-0.25, -0.2) is 0 Å². The first kappa shape index (κ1) is 12.6. The van der Waals surface area contributed by atoms with Crippen molar-refractivity contribution in [2.45, 2.75) is 26.7 Å². The summed E-state index contributed by atoms with van der Waals surface area (Å²) in [5, 5.41) is 3.19. The molecule has 3 heteroatoms. The van der Waals surface area contributed by atoms with E-state index in [4.69, 9.17) is 0 Å². The Morgan fingerprint density at radius 1 is 1.44 bits per heavy atom. The first-order chi connectivity index (χ1) is 7.65. The van der Waals surface area contributed by atoms with Gasteiger partial charge in [-0.1, -0.05) is 26.0 Å². The molecule has 0 aliphatic heterocycles. The van der Waals surface area contributed by atoms with Crippen molar-refractivity contribution in [3.63, 3.8) is 0 Å². The van der Waals surface area contributed by atoms with Gasteiger partial charge in [0.25, 0.3) is 0 Å². The molecule has 0 atom stereocenters. The molecule has 0 spiro atoms. The molecule has 3 nitrogen and oxygen atoms in total. The molecule has 0 fully saturated rings. The normalized spacial score (nSPS) is 10.3. The highest BCUT2D eigenvalue weighted by molar-refractivity contribution is 5.85. The van der Waals surface area contributed by atoms with Gasteiger partial charge in [-0.2, -0.15) is 0 Å². The fourth-order valence-corrected chi connectivity index (χ4v) is 1.85. The monoisotopic (exact) mass is 220 g/mol. The third-order valence-electron chi connectivity index (χ3n) is 2.72. The molecular formula is C13H20N2O. The van der Waals surface area contributed by atoms with E-state index in [-0.39, 0.29) is 0 Å².